The summed E-state index contributed by atoms with van der Waals surface area (Å²) in [6.45, 7) is 4.63. The zero-order chi connectivity index (χ0) is 15.4. The average molecular weight is 297 g/mol. The molecule has 1 saturated heterocycles. The van der Waals surface area contributed by atoms with E-state index in [-0.39, 0.29) is 0 Å². The SMILES string of the molecule is C#CCCN1CCN(c2ncnc(-n3cccn3)c2N)CC1. The summed E-state index contributed by atoms with van der Waals surface area (Å²) in [5.74, 6) is 4.08. The monoisotopic (exact) mass is 297 g/mol. The van der Waals surface area contributed by atoms with Crippen molar-refractivity contribution >= 4 is 11.5 Å². The number of piperazine rings is 1. The third-order valence-electron chi connectivity index (χ3n) is 3.81. The van der Waals surface area contributed by atoms with E-state index in [2.05, 4.69) is 30.8 Å². The Morgan fingerprint density at radius 1 is 1.18 bits per heavy atom. The van der Waals surface area contributed by atoms with Crippen LogP contribution in [0.2, 0.25) is 0 Å². The number of hydrogen-bond donors (Lipinski definition) is 1. The minimum Gasteiger partial charge on any atom is -0.393 e. The van der Waals surface area contributed by atoms with Crippen molar-refractivity contribution in [2.24, 2.45) is 0 Å². The van der Waals surface area contributed by atoms with E-state index in [1.54, 1.807) is 10.9 Å². The summed E-state index contributed by atoms with van der Waals surface area (Å²) in [7, 11) is 0. The molecule has 0 amide bonds. The van der Waals surface area contributed by atoms with E-state index in [9.17, 15) is 0 Å². The first-order valence-electron chi connectivity index (χ1n) is 7.31. The first-order chi connectivity index (χ1) is 10.8. The normalized spacial score (nSPS) is 15.7. The summed E-state index contributed by atoms with van der Waals surface area (Å²) in [4.78, 5) is 13.1. The molecule has 7 heteroatoms. The highest BCUT2D eigenvalue weighted by molar-refractivity contribution is 5.70. The van der Waals surface area contributed by atoms with Gasteiger partial charge in [-0.3, -0.25) is 4.90 Å². The first kappa shape index (κ1) is 14.4. The molecule has 1 aliphatic heterocycles. The molecule has 0 spiro atoms. The van der Waals surface area contributed by atoms with Gasteiger partial charge in [-0.15, -0.1) is 12.3 Å². The van der Waals surface area contributed by atoms with Gasteiger partial charge in [0.25, 0.3) is 0 Å². The van der Waals surface area contributed by atoms with Crippen LogP contribution in [-0.4, -0.2) is 57.4 Å². The van der Waals surface area contributed by atoms with Gasteiger partial charge in [-0.2, -0.15) is 5.10 Å². The van der Waals surface area contributed by atoms with Crippen molar-refractivity contribution in [1.29, 1.82) is 0 Å². The van der Waals surface area contributed by atoms with E-state index < -0.39 is 0 Å². The number of aromatic nitrogens is 4. The Labute approximate surface area is 129 Å². The molecule has 0 atom stereocenters. The molecular weight excluding hydrogens is 278 g/mol. The molecule has 7 nitrogen and oxygen atoms in total. The molecule has 2 N–H and O–H groups in total. The van der Waals surface area contributed by atoms with E-state index in [1.807, 2.05) is 12.3 Å². The van der Waals surface area contributed by atoms with Crippen LogP contribution in [0.3, 0.4) is 0 Å². The molecule has 0 radical (unpaired) electrons. The van der Waals surface area contributed by atoms with Crippen molar-refractivity contribution in [2.75, 3.05) is 43.4 Å². The number of rotatable bonds is 4. The quantitative estimate of drug-likeness (QED) is 0.823. The van der Waals surface area contributed by atoms with Gasteiger partial charge in [0.2, 0.25) is 0 Å². The van der Waals surface area contributed by atoms with E-state index >= 15 is 0 Å². The number of nitrogens with zero attached hydrogens (tertiary/aromatic N) is 6. The van der Waals surface area contributed by atoms with Gasteiger partial charge >= 0.3 is 0 Å². The Balaban J connectivity index is 1.74. The summed E-state index contributed by atoms with van der Waals surface area (Å²) in [5, 5.41) is 4.18. The highest BCUT2D eigenvalue weighted by Crippen LogP contribution is 2.25. The number of hydrogen-bond acceptors (Lipinski definition) is 6. The van der Waals surface area contributed by atoms with Gasteiger partial charge in [-0.1, -0.05) is 0 Å². The van der Waals surface area contributed by atoms with Crippen molar-refractivity contribution in [1.82, 2.24) is 24.6 Å². The van der Waals surface area contributed by atoms with E-state index in [1.165, 1.54) is 6.33 Å². The Morgan fingerprint density at radius 3 is 2.64 bits per heavy atom. The molecule has 1 aliphatic rings. The molecule has 0 unspecified atom stereocenters. The zero-order valence-corrected chi connectivity index (χ0v) is 12.4. The number of nitrogen functional groups attached to an aromatic ring is 1. The second-order valence-corrected chi connectivity index (χ2v) is 5.17. The Bertz CT molecular complexity index is 651. The minimum absolute atomic E-state index is 0.559. The Morgan fingerprint density at radius 2 is 1.95 bits per heavy atom. The molecule has 0 aliphatic carbocycles. The van der Waals surface area contributed by atoms with E-state index in [0.29, 0.717) is 11.5 Å². The summed E-state index contributed by atoms with van der Waals surface area (Å²) in [6, 6.07) is 1.84. The van der Waals surface area contributed by atoms with Crippen molar-refractivity contribution in [3.63, 3.8) is 0 Å². The smallest absolute Gasteiger partial charge is 0.181 e. The van der Waals surface area contributed by atoms with Crippen LogP contribution in [0.4, 0.5) is 11.5 Å². The summed E-state index contributed by atoms with van der Waals surface area (Å²) in [6.07, 6.45) is 11.2. The fourth-order valence-electron chi connectivity index (χ4n) is 2.61. The molecule has 0 aromatic carbocycles. The lowest BCUT2D eigenvalue weighted by molar-refractivity contribution is 0.263. The van der Waals surface area contributed by atoms with Crippen LogP contribution >= 0.6 is 0 Å². The molecule has 0 bridgehead atoms. The summed E-state index contributed by atoms with van der Waals surface area (Å²) in [5.41, 5.74) is 6.81. The second-order valence-electron chi connectivity index (χ2n) is 5.17. The fourth-order valence-corrected chi connectivity index (χ4v) is 2.61. The van der Waals surface area contributed by atoms with Crippen LogP contribution < -0.4 is 10.6 Å². The lowest BCUT2D eigenvalue weighted by Crippen LogP contribution is -2.47. The first-order valence-corrected chi connectivity index (χ1v) is 7.31. The van der Waals surface area contributed by atoms with Gasteiger partial charge in [0.15, 0.2) is 11.6 Å². The lowest BCUT2D eigenvalue weighted by Gasteiger charge is -2.35. The van der Waals surface area contributed by atoms with Gasteiger partial charge in [-0.25, -0.2) is 14.6 Å². The maximum absolute atomic E-state index is 6.25. The van der Waals surface area contributed by atoms with E-state index in [0.717, 1.165) is 45.0 Å². The predicted octanol–water partition coefficient (Wildman–Crippen LogP) is 0.390. The summed E-state index contributed by atoms with van der Waals surface area (Å²) >= 11 is 0. The summed E-state index contributed by atoms with van der Waals surface area (Å²) < 4.78 is 1.66. The standard InChI is InChI=1S/C15H19N7/c1-2-3-6-20-8-10-21(11-9-20)14-13(16)15(18-12-17-14)22-7-4-5-19-22/h1,4-5,7,12H,3,6,8-11,16H2. The lowest BCUT2D eigenvalue weighted by atomic mass is 10.2. The molecule has 0 saturated carbocycles. The zero-order valence-electron chi connectivity index (χ0n) is 12.4. The third kappa shape index (κ3) is 2.87. The van der Waals surface area contributed by atoms with Gasteiger partial charge in [0, 0.05) is 51.5 Å². The van der Waals surface area contributed by atoms with Crippen LogP contribution in [0.5, 0.6) is 0 Å². The van der Waals surface area contributed by atoms with Crippen molar-refractivity contribution in [2.45, 2.75) is 6.42 Å². The Hall–Kier alpha value is -2.59. The third-order valence-corrected chi connectivity index (χ3v) is 3.81. The highest BCUT2D eigenvalue weighted by Gasteiger charge is 2.21. The van der Waals surface area contributed by atoms with E-state index in [4.69, 9.17) is 12.2 Å². The van der Waals surface area contributed by atoms with Gasteiger partial charge in [0.05, 0.1) is 0 Å². The van der Waals surface area contributed by atoms with Crippen molar-refractivity contribution < 1.29 is 0 Å². The van der Waals surface area contributed by atoms with Crippen LogP contribution in [0, 0.1) is 12.3 Å². The van der Waals surface area contributed by atoms with Crippen molar-refractivity contribution in [3.05, 3.63) is 24.8 Å². The molecule has 22 heavy (non-hydrogen) atoms. The van der Waals surface area contributed by atoms with Crippen LogP contribution in [0.25, 0.3) is 5.82 Å². The molecule has 3 heterocycles. The van der Waals surface area contributed by atoms with Gasteiger partial charge in [0.1, 0.15) is 12.0 Å². The topological polar surface area (TPSA) is 76.1 Å². The number of terminal acetylenes is 1. The molecule has 114 valence electrons. The molecule has 2 aromatic rings. The minimum atomic E-state index is 0.559. The predicted molar refractivity (Wildman–Crippen MR) is 85.7 cm³/mol. The maximum Gasteiger partial charge on any atom is 0.181 e. The molecule has 1 fully saturated rings. The van der Waals surface area contributed by atoms with Crippen LogP contribution in [0.1, 0.15) is 6.42 Å². The largest absolute Gasteiger partial charge is 0.393 e. The maximum atomic E-state index is 6.25. The average Bonchev–Trinajstić information content (AvgIpc) is 3.08. The molecule has 3 rings (SSSR count). The number of anilines is 2. The van der Waals surface area contributed by atoms with Crippen LogP contribution in [0.15, 0.2) is 24.8 Å². The molecule has 2 aromatic heterocycles. The fraction of sp³-hybridized carbons (Fsp3) is 0.400. The van der Waals surface area contributed by atoms with Crippen LogP contribution in [-0.2, 0) is 0 Å². The van der Waals surface area contributed by atoms with Gasteiger partial charge in [-0.05, 0) is 6.07 Å². The Kier molecular flexibility index (Phi) is 4.21. The van der Waals surface area contributed by atoms with Gasteiger partial charge < -0.3 is 10.6 Å². The van der Waals surface area contributed by atoms with Crippen molar-refractivity contribution in [3.8, 4) is 18.2 Å². The second kappa shape index (κ2) is 6.45. The molecular formula is C15H19N7. The highest BCUT2D eigenvalue weighted by atomic mass is 15.3. The number of nitrogens with two attached hydrogens (primary N) is 1.